The van der Waals surface area contributed by atoms with Gasteiger partial charge in [0.2, 0.25) is 0 Å². The SMILES string of the molecule is COc1cc2c(cc1OC)C(C)OC(=O)C=C2. The first kappa shape index (κ1) is 11.5. The molecule has 90 valence electrons. The summed E-state index contributed by atoms with van der Waals surface area (Å²) in [6.07, 6.45) is 2.84. The second kappa shape index (κ2) is 4.49. The van der Waals surface area contributed by atoms with E-state index < -0.39 is 0 Å². The second-order valence-corrected chi connectivity index (χ2v) is 3.75. The average Bonchev–Trinajstić information content (AvgIpc) is 2.47. The van der Waals surface area contributed by atoms with Gasteiger partial charge in [0.25, 0.3) is 0 Å². The summed E-state index contributed by atoms with van der Waals surface area (Å²) in [7, 11) is 3.16. The fraction of sp³-hybridized carbons (Fsp3) is 0.308. The molecule has 0 N–H and O–H groups in total. The van der Waals surface area contributed by atoms with E-state index >= 15 is 0 Å². The van der Waals surface area contributed by atoms with Gasteiger partial charge in [0.15, 0.2) is 11.5 Å². The minimum Gasteiger partial charge on any atom is -0.493 e. The lowest BCUT2D eigenvalue weighted by Gasteiger charge is -2.16. The minimum atomic E-state index is -0.341. The van der Waals surface area contributed by atoms with Crippen LogP contribution in [0, 0.1) is 0 Å². The molecule has 0 fully saturated rings. The third-order valence-corrected chi connectivity index (χ3v) is 2.72. The Morgan fingerprint density at radius 3 is 2.41 bits per heavy atom. The number of hydrogen-bond donors (Lipinski definition) is 0. The van der Waals surface area contributed by atoms with Gasteiger partial charge in [-0.2, -0.15) is 0 Å². The molecule has 1 aliphatic heterocycles. The van der Waals surface area contributed by atoms with Crippen LogP contribution in [0.3, 0.4) is 0 Å². The van der Waals surface area contributed by atoms with Crippen molar-refractivity contribution in [3.63, 3.8) is 0 Å². The molecular weight excluding hydrogens is 220 g/mol. The van der Waals surface area contributed by atoms with Gasteiger partial charge in [-0.05, 0) is 30.7 Å². The Kier molecular flexibility index (Phi) is 3.04. The number of methoxy groups -OCH3 is 2. The molecule has 0 spiro atoms. The molecule has 0 amide bonds. The first-order valence-corrected chi connectivity index (χ1v) is 5.30. The molecule has 0 saturated carbocycles. The Hall–Kier alpha value is -1.97. The van der Waals surface area contributed by atoms with E-state index in [0.717, 1.165) is 11.1 Å². The van der Waals surface area contributed by atoms with Gasteiger partial charge >= 0.3 is 5.97 Å². The maximum Gasteiger partial charge on any atom is 0.331 e. The van der Waals surface area contributed by atoms with Crippen LogP contribution in [0.1, 0.15) is 24.2 Å². The number of carbonyl (C=O) groups is 1. The molecule has 1 heterocycles. The highest BCUT2D eigenvalue weighted by Crippen LogP contribution is 2.36. The fourth-order valence-corrected chi connectivity index (χ4v) is 1.84. The van der Waals surface area contributed by atoms with Crippen LogP contribution in [0.5, 0.6) is 11.5 Å². The Balaban J connectivity index is 2.56. The average molecular weight is 234 g/mol. The number of rotatable bonds is 2. The van der Waals surface area contributed by atoms with E-state index in [1.54, 1.807) is 20.3 Å². The molecule has 4 nitrogen and oxygen atoms in total. The van der Waals surface area contributed by atoms with E-state index in [2.05, 4.69) is 0 Å². The fourth-order valence-electron chi connectivity index (χ4n) is 1.84. The van der Waals surface area contributed by atoms with Gasteiger partial charge in [-0.3, -0.25) is 0 Å². The molecule has 0 aromatic heterocycles. The molecule has 1 atom stereocenters. The van der Waals surface area contributed by atoms with Crippen molar-refractivity contribution in [2.45, 2.75) is 13.0 Å². The number of ether oxygens (including phenoxy) is 3. The van der Waals surface area contributed by atoms with Gasteiger partial charge in [-0.15, -0.1) is 0 Å². The minimum absolute atomic E-state index is 0.299. The summed E-state index contributed by atoms with van der Waals surface area (Å²) in [4.78, 5) is 11.3. The molecule has 0 radical (unpaired) electrons. The molecular formula is C13H14O4. The van der Waals surface area contributed by atoms with Crippen LogP contribution in [0.15, 0.2) is 18.2 Å². The Morgan fingerprint density at radius 2 is 1.76 bits per heavy atom. The molecule has 2 rings (SSSR count). The van der Waals surface area contributed by atoms with Gasteiger partial charge in [0, 0.05) is 11.6 Å². The van der Waals surface area contributed by atoms with Gasteiger partial charge < -0.3 is 14.2 Å². The van der Waals surface area contributed by atoms with E-state index in [1.165, 1.54) is 6.08 Å². The summed E-state index contributed by atoms with van der Waals surface area (Å²) in [6.45, 7) is 1.83. The molecule has 1 unspecified atom stereocenters. The molecule has 4 heteroatoms. The summed E-state index contributed by atoms with van der Waals surface area (Å²) in [5.41, 5.74) is 1.81. The molecule has 0 aliphatic carbocycles. The summed E-state index contributed by atoms with van der Waals surface area (Å²) < 4.78 is 15.6. The molecule has 17 heavy (non-hydrogen) atoms. The van der Waals surface area contributed by atoms with E-state index in [1.807, 2.05) is 19.1 Å². The molecule has 1 aromatic carbocycles. The third-order valence-electron chi connectivity index (χ3n) is 2.72. The van der Waals surface area contributed by atoms with E-state index in [9.17, 15) is 4.79 Å². The summed E-state index contributed by atoms with van der Waals surface area (Å²) >= 11 is 0. The predicted octanol–water partition coefficient (Wildman–Crippen LogP) is 2.33. The van der Waals surface area contributed by atoms with Crippen LogP contribution in [0.4, 0.5) is 0 Å². The van der Waals surface area contributed by atoms with Gasteiger partial charge in [0.05, 0.1) is 14.2 Å². The lowest BCUT2D eigenvalue weighted by molar-refractivity contribution is -0.142. The maximum absolute atomic E-state index is 11.3. The van der Waals surface area contributed by atoms with Crippen molar-refractivity contribution in [1.29, 1.82) is 0 Å². The molecule has 1 aliphatic rings. The van der Waals surface area contributed by atoms with Crippen molar-refractivity contribution in [2.75, 3.05) is 14.2 Å². The Labute approximate surface area is 99.8 Å². The highest BCUT2D eigenvalue weighted by molar-refractivity contribution is 5.89. The van der Waals surface area contributed by atoms with Crippen LogP contribution >= 0.6 is 0 Å². The van der Waals surface area contributed by atoms with Crippen molar-refractivity contribution in [2.24, 2.45) is 0 Å². The van der Waals surface area contributed by atoms with Crippen molar-refractivity contribution in [3.05, 3.63) is 29.3 Å². The normalized spacial score (nSPS) is 18.1. The number of fused-ring (bicyclic) bond motifs is 1. The number of hydrogen-bond acceptors (Lipinski definition) is 4. The van der Waals surface area contributed by atoms with Crippen molar-refractivity contribution in [1.82, 2.24) is 0 Å². The largest absolute Gasteiger partial charge is 0.493 e. The van der Waals surface area contributed by atoms with Gasteiger partial charge in [-0.25, -0.2) is 4.79 Å². The second-order valence-electron chi connectivity index (χ2n) is 3.75. The predicted molar refractivity (Wildman–Crippen MR) is 63.1 cm³/mol. The summed E-state index contributed by atoms with van der Waals surface area (Å²) in [6, 6.07) is 3.67. The van der Waals surface area contributed by atoms with Crippen molar-refractivity contribution >= 4 is 12.0 Å². The maximum atomic E-state index is 11.3. The molecule has 0 bridgehead atoms. The topological polar surface area (TPSA) is 44.8 Å². The highest BCUT2D eigenvalue weighted by atomic mass is 16.5. The van der Waals surface area contributed by atoms with Gasteiger partial charge in [0.1, 0.15) is 6.10 Å². The highest BCUT2D eigenvalue weighted by Gasteiger charge is 2.19. The quantitative estimate of drug-likeness (QED) is 0.737. The van der Waals surface area contributed by atoms with Crippen LogP contribution in [0.25, 0.3) is 6.08 Å². The third kappa shape index (κ3) is 2.11. The van der Waals surface area contributed by atoms with E-state index in [4.69, 9.17) is 14.2 Å². The van der Waals surface area contributed by atoms with Crippen LogP contribution < -0.4 is 9.47 Å². The zero-order chi connectivity index (χ0) is 12.4. The number of benzene rings is 1. The molecule has 1 aromatic rings. The van der Waals surface area contributed by atoms with Crippen molar-refractivity contribution < 1.29 is 19.0 Å². The standard InChI is InChI=1S/C13H14O4/c1-8-10-7-12(16-3)11(15-2)6-9(10)4-5-13(14)17-8/h4-8H,1-3H3. The van der Waals surface area contributed by atoms with Crippen molar-refractivity contribution in [3.8, 4) is 11.5 Å². The van der Waals surface area contributed by atoms with Crippen LogP contribution in [-0.4, -0.2) is 20.2 Å². The zero-order valence-corrected chi connectivity index (χ0v) is 10.0. The van der Waals surface area contributed by atoms with E-state index in [0.29, 0.717) is 11.5 Å². The summed E-state index contributed by atoms with van der Waals surface area (Å²) in [5.74, 6) is 0.925. The Bertz CT molecular complexity index is 477. The Morgan fingerprint density at radius 1 is 1.12 bits per heavy atom. The lowest BCUT2D eigenvalue weighted by Crippen LogP contribution is -2.05. The van der Waals surface area contributed by atoms with Gasteiger partial charge in [-0.1, -0.05) is 0 Å². The smallest absolute Gasteiger partial charge is 0.331 e. The van der Waals surface area contributed by atoms with Crippen LogP contribution in [0.2, 0.25) is 0 Å². The van der Waals surface area contributed by atoms with Crippen LogP contribution in [-0.2, 0) is 9.53 Å². The lowest BCUT2D eigenvalue weighted by atomic mass is 10.0. The number of cyclic esters (lactones) is 1. The molecule has 0 saturated heterocycles. The monoisotopic (exact) mass is 234 g/mol. The number of esters is 1. The zero-order valence-electron chi connectivity index (χ0n) is 10.0. The summed E-state index contributed by atoms with van der Waals surface area (Å²) in [5, 5.41) is 0. The first-order chi connectivity index (χ1) is 8.15. The van der Waals surface area contributed by atoms with E-state index in [-0.39, 0.29) is 12.1 Å². The first-order valence-electron chi connectivity index (χ1n) is 5.30. The number of carbonyl (C=O) groups excluding carboxylic acids is 1.